The van der Waals surface area contributed by atoms with E-state index in [1.165, 1.54) is 42.9 Å². The average molecular weight is 331 g/mol. The van der Waals surface area contributed by atoms with E-state index in [1.54, 1.807) is 9.80 Å². The highest BCUT2D eigenvalue weighted by Crippen LogP contribution is 2.13. The summed E-state index contributed by atoms with van der Waals surface area (Å²) in [5.74, 6) is 0. The SMILES string of the molecule is CCc1ccc(C[NH+]2CC[NH+](Cc3ccccc3Cl)CC2)cc1. The lowest BCUT2D eigenvalue weighted by molar-refractivity contribution is -1.02. The minimum Gasteiger partial charge on any atom is -0.322 e. The van der Waals surface area contributed by atoms with E-state index in [9.17, 15) is 0 Å². The fourth-order valence-corrected chi connectivity index (χ4v) is 3.61. The number of hydrogen-bond acceptors (Lipinski definition) is 0. The van der Waals surface area contributed by atoms with Gasteiger partial charge in [-0.05, 0) is 18.1 Å². The van der Waals surface area contributed by atoms with Crippen molar-refractivity contribution in [1.82, 2.24) is 0 Å². The molecule has 0 aromatic heterocycles. The molecule has 2 N–H and O–H groups in total. The molecule has 23 heavy (non-hydrogen) atoms. The van der Waals surface area contributed by atoms with Crippen LogP contribution in [0.1, 0.15) is 23.6 Å². The molecule has 1 heterocycles. The predicted octanol–water partition coefficient (Wildman–Crippen LogP) is 1.39. The molecule has 1 saturated heterocycles. The van der Waals surface area contributed by atoms with Crippen LogP contribution in [0.2, 0.25) is 5.02 Å². The number of hydrogen-bond donors (Lipinski definition) is 2. The third-order valence-electron chi connectivity index (χ3n) is 4.95. The maximum atomic E-state index is 6.29. The van der Waals surface area contributed by atoms with Gasteiger partial charge in [0.2, 0.25) is 0 Å². The van der Waals surface area contributed by atoms with Crippen LogP contribution in [-0.2, 0) is 19.5 Å². The maximum Gasteiger partial charge on any atom is 0.127 e. The Morgan fingerprint density at radius 2 is 1.35 bits per heavy atom. The van der Waals surface area contributed by atoms with Gasteiger partial charge in [-0.25, -0.2) is 0 Å². The topological polar surface area (TPSA) is 8.88 Å². The third-order valence-corrected chi connectivity index (χ3v) is 5.32. The van der Waals surface area contributed by atoms with Gasteiger partial charge in [0.1, 0.15) is 39.3 Å². The molecule has 0 amide bonds. The molecule has 1 fully saturated rings. The summed E-state index contributed by atoms with van der Waals surface area (Å²) in [6.07, 6.45) is 1.12. The smallest absolute Gasteiger partial charge is 0.127 e. The molecule has 2 aromatic rings. The lowest BCUT2D eigenvalue weighted by Gasteiger charge is -2.30. The van der Waals surface area contributed by atoms with E-state index in [0.717, 1.165) is 24.5 Å². The molecule has 1 aliphatic heterocycles. The number of aryl methyl sites for hydroxylation is 1. The van der Waals surface area contributed by atoms with Crippen LogP contribution in [0.3, 0.4) is 0 Å². The normalized spacial score (nSPS) is 21.3. The molecule has 0 unspecified atom stereocenters. The molecule has 2 aromatic carbocycles. The minimum absolute atomic E-state index is 0.908. The van der Waals surface area contributed by atoms with Crippen molar-refractivity contribution >= 4 is 11.6 Å². The van der Waals surface area contributed by atoms with Gasteiger partial charge in [-0.1, -0.05) is 61.0 Å². The van der Waals surface area contributed by atoms with E-state index in [1.807, 2.05) is 12.1 Å². The Labute approximate surface area is 144 Å². The van der Waals surface area contributed by atoms with Crippen LogP contribution in [0.15, 0.2) is 48.5 Å². The van der Waals surface area contributed by atoms with Crippen LogP contribution in [0.4, 0.5) is 0 Å². The third kappa shape index (κ3) is 4.57. The highest BCUT2D eigenvalue weighted by atomic mass is 35.5. The summed E-state index contributed by atoms with van der Waals surface area (Å²) in [5, 5.41) is 0.908. The Kier molecular flexibility index (Phi) is 5.71. The predicted molar refractivity (Wildman–Crippen MR) is 96.1 cm³/mol. The molecular weight excluding hydrogens is 304 g/mol. The van der Waals surface area contributed by atoms with Crippen molar-refractivity contribution in [3.8, 4) is 0 Å². The van der Waals surface area contributed by atoms with E-state index in [4.69, 9.17) is 11.6 Å². The first kappa shape index (κ1) is 16.5. The molecule has 3 rings (SSSR count). The van der Waals surface area contributed by atoms with Crippen LogP contribution >= 0.6 is 11.6 Å². The Morgan fingerprint density at radius 1 is 0.783 bits per heavy atom. The lowest BCUT2D eigenvalue weighted by Crippen LogP contribution is -3.27. The quantitative estimate of drug-likeness (QED) is 0.820. The van der Waals surface area contributed by atoms with Gasteiger partial charge in [-0.2, -0.15) is 0 Å². The van der Waals surface area contributed by atoms with Crippen LogP contribution in [-0.4, -0.2) is 26.2 Å². The second kappa shape index (κ2) is 7.96. The Hall–Kier alpha value is -1.35. The van der Waals surface area contributed by atoms with Crippen LogP contribution in [0.25, 0.3) is 0 Å². The number of quaternary nitrogens is 2. The van der Waals surface area contributed by atoms with Crippen molar-refractivity contribution in [1.29, 1.82) is 0 Å². The van der Waals surface area contributed by atoms with E-state index in [2.05, 4.69) is 43.3 Å². The standard InChI is InChI=1S/C20H25ClN2/c1-2-17-7-9-18(10-8-17)15-22-11-13-23(14-12-22)16-19-5-3-4-6-20(19)21/h3-10H,2,11-16H2,1H3/p+2. The van der Waals surface area contributed by atoms with Gasteiger partial charge in [-0.15, -0.1) is 0 Å². The fourth-order valence-electron chi connectivity index (χ4n) is 3.40. The first-order valence-electron chi connectivity index (χ1n) is 8.73. The number of piperazine rings is 1. The fraction of sp³-hybridized carbons (Fsp3) is 0.400. The summed E-state index contributed by atoms with van der Waals surface area (Å²) >= 11 is 6.29. The summed E-state index contributed by atoms with van der Waals surface area (Å²) in [6.45, 7) is 9.37. The molecule has 0 spiro atoms. The molecular formula is C20H27ClN2+2. The van der Waals surface area contributed by atoms with Gasteiger partial charge >= 0.3 is 0 Å². The van der Waals surface area contributed by atoms with Crippen LogP contribution < -0.4 is 9.80 Å². The van der Waals surface area contributed by atoms with Gasteiger partial charge in [0, 0.05) is 16.1 Å². The number of rotatable bonds is 5. The van der Waals surface area contributed by atoms with Crippen LogP contribution in [0, 0.1) is 0 Å². The summed E-state index contributed by atoms with van der Waals surface area (Å²) in [6, 6.07) is 17.4. The lowest BCUT2D eigenvalue weighted by atomic mass is 10.1. The van der Waals surface area contributed by atoms with Crippen molar-refractivity contribution < 1.29 is 9.80 Å². The first-order valence-corrected chi connectivity index (χ1v) is 9.10. The monoisotopic (exact) mass is 330 g/mol. The Bertz CT molecular complexity index is 616. The van der Waals surface area contributed by atoms with E-state index in [-0.39, 0.29) is 0 Å². The summed E-state index contributed by atoms with van der Waals surface area (Å²) in [4.78, 5) is 3.36. The molecule has 0 atom stereocenters. The average Bonchev–Trinajstić information content (AvgIpc) is 2.59. The van der Waals surface area contributed by atoms with Crippen molar-refractivity contribution in [2.75, 3.05) is 26.2 Å². The number of halogens is 1. The molecule has 3 heteroatoms. The molecule has 122 valence electrons. The Balaban J connectivity index is 1.49. The molecule has 0 aliphatic carbocycles. The molecule has 0 saturated carbocycles. The van der Waals surface area contributed by atoms with Crippen LogP contribution in [0.5, 0.6) is 0 Å². The molecule has 0 radical (unpaired) electrons. The minimum atomic E-state index is 0.908. The molecule has 0 bridgehead atoms. The largest absolute Gasteiger partial charge is 0.322 e. The Morgan fingerprint density at radius 3 is 1.96 bits per heavy atom. The van der Waals surface area contributed by atoms with Gasteiger partial charge < -0.3 is 9.80 Å². The zero-order valence-electron chi connectivity index (χ0n) is 13.9. The summed E-state index contributed by atoms with van der Waals surface area (Å²) < 4.78 is 0. The van der Waals surface area contributed by atoms with Crippen molar-refractivity contribution in [3.63, 3.8) is 0 Å². The zero-order chi connectivity index (χ0) is 16.1. The van der Waals surface area contributed by atoms with Crippen molar-refractivity contribution in [2.24, 2.45) is 0 Å². The zero-order valence-corrected chi connectivity index (χ0v) is 14.7. The van der Waals surface area contributed by atoms with E-state index in [0.29, 0.717) is 0 Å². The van der Waals surface area contributed by atoms with Crippen molar-refractivity contribution in [2.45, 2.75) is 26.4 Å². The highest BCUT2D eigenvalue weighted by molar-refractivity contribution is 6.31. The maximum absolute atomic E-state index is 6.29. The number of nitrogens with one attached hydrogen (secondary N) is 2. The summed E-state index contributed by atoms with van der Waals surface area (Å²) in [7, 11) is 0. The van der Waals surface area contributed by atoms with Gasteiger partial charge in [0.15, 0.2) is 0 Å². The summed E-state index contributed by atoms with van der Waals surface area (Å²) in [5.41, 5.74) is 4.17. The molecule has 1 aliphatic rings. The van der Waals surface area contributed by atoms with Gasteiger partial charge in [0.05, 0.1) is 0 Å². The second-order valence-electron chi connectivity index (χ2n) is 6.62. The second-order valence-corrected chi connectivity index (χ2v) is 7.02. The molecule has 2 nitrogen and oxygen atoms in total. The highest BCUT2D eigenvalue weighted by Gasteiger charge is 2.23. The van der Waals surface area contributed by atoms with Gasteiger partial charge in [-0.3, -0.25) is 0 Å². The van der Waals surface area contributed by atoms with Crippen molar-refractivity contribution in [3.05, 3.63) is 70.2 Å². The first-order chi connectivity index (χ1) is 11.2. The van der Waals surface area contributed by atoms with E-state index < -0.39 is 0 Å². The van der Waals surface area contributed by atoms with E-state index >= 15 is 0 Å². The van der Waals surface area contributed by atoms with Gasteiger partial charge in [0.25, 0.3) is 0 Å². The number of benzene rings is 2.